The van der Waals surface area contributed by atoms with Crippen molar-refractivity contribution in [3.05, 3.63) is 65.2 Å². The first kappa shape index (κ1) is 23.5. The number of hydrogen-bond acceptors (Lipinski definition) is 3. The second-order valence-electron chi connectivity index (χ2n) is 9.83. The van der Waals surface area contributed by atoms with E-state index in [2.05, 4.69) is 42.6 Å². The Morgan fingerprint density at radius 1 is 1.06 bits per heavy atom. The van der Waals surface area contributed by atoms with E-state index in [1.165, 1.54) is 43.2 Å². The number of fused-ring (bicyclic) bond motifs is 1. The largest absolute Gasteiger partial charge is 0.368 e. The number of nitrogens with one attached hydrogen (secondary N) is 1. The molecule has 2 aromatic carbocycles. The van der Waals surface area contributed by atoms with Crippen molar-refractivity contribution < 1.29 is 9.59 Å². The normalized spacial score (nSPS) is 20.2. The number of para-hydroxylation sites is 1. The van der Waals surface area contributed by atoms with E-state index in [1.54, 1.807) is 0 Å². The highest BCUT2D eigenvalue weighted by atomic mass is 16.2. The maximum Gasteiger partial charge on any atom is 0.244 e. The van der Waals surface area contributed by atoms with E-state index in [4.69, 9.17) is 5.73 Å². The van der Waals surface area contributed by atoms with Crippen molar-refractivity contribution in [3.8, 4) is 0 Å². The van der Waals surface area contributed by atoms with Crippen LogP contribution in [0, 0.1) is 12.8 Å². The van der Waals surface area contributed by atoms with Crippen LogP contribution in [-0.4, -0.2) is 23.9 Å². The number of primary amides is 1. The lowest BCUT2D eigenvalue weighted by Gasteiger charge is -2.29. The highest BCUT2D eigenvalue weighted by Crippen LogP contribution is 2.30. The molecule has 5 heteroatoms. The van der Waals surface area contributed by atoms with Crippen molar-refractivity contribution in [2.75, 3.05) is 4.90 Å². The lowest BCUT2D eigenvalue weighted by molar-refractivity contribution is -0.123. The fourth-order valence-corrected chi connectivity index (χ4v) is 5.34. The van der Waals surface area contributed by atoms with Gasteiger partial charge in [-0.1, -0.05) is 80.1 Å². The zero-order chi connectivity index (χ0) is 23.2. The van der Waals surface area contributed by atoms with Crippen molar-refractivity contribution in [1.29, 1.82) is 0 Å². The average Bonchev–Trinajstić information content (AvgIpc) is 2.95. The molecule has 0 aromatic heterocycles. The second kappa shape index (κ2) is 11.0. The number of rotatable bonds is 8. The fourth-order valence-electron chi connectivity index (χ4n) is 5.34. The zero-order valence-corrected chi connectivity index (χ0v) is 19.8. The van der Waals surface area contributed by atoms with Gasteiger partial charge in [-0.2, -0.15) is 0 Å². The van der Waals surface area contributed by atoms with Crippen LogP contribution in [0.3, 0.4) is 0 Å². The van der Waals surface area contributed by atoms with Crippen LogP contribution >= 0.6 is 0 Å². The molecule has 176 valence electrons. The number of nitrogens with two attached hydrogens (primary N) is 1. The summed E-state index contributed by atoms with van der Waals surface area (Å²) < 4.78 is 0. The van der Waals surface area contributed by atoms with E-state index in [-0.39, 0.29) is 11.8 Å². The molecule has 1 heterocycles. The molecule has 0 saturated heterocycles. The SMILES string of the molecule is Cc1ccc(CN2C(=O)C(N[C@@H](CCC3CCCCC3)C(N)=O)CCc3ccccc32)cc1. The third kappa shape index (κ3) is 6.02. The van der Waals surface area contributed by atoms with Crippen LogP contribution in [0.2, 0.25) is 0 Å². The number of aryl methyl sites for hydroxylation is 2. The summed E-state index contributed by atoms with van der Waals surface area (Å²) in [6, 6.07) is 15.6. The van der Waals surface area contributed by atoms with Crippen LogP contribution in [0.25, 0.3) is 0 Å². The molecule has 5 nitrogen and oxygen atoms in total. The van der Waals surface area contributed by atoms with Crippen LogP contribution in [0.4, 0.5) is 5.69 Å². The highest BCUT2D eigenvalue weighted by Gasteiger charge is 2.33. The van der Waals surface area contributed by atoms with E-state index >= 15 is 0 Å². The summed E-state index contributed by atoms with van der Waals surface area (Å²) in [6.07, 6.45) is 9.53. The first-order valence-corrected chi connectivity index (χ1v) is 12.5. The minimum absolute atomic E-state index is 0.0180. The summed E-state index contributed by atoms with van der Waals surface area (Å²) in [4.78, 5) is 27.9. The summed E-state index contributed by atoms with van der Waals surface area (Å²) in [5.41, 5.74) is 10.2. The van der Waals surface area contributed by atoms with Crippen molar-refractivity contribution >= 4 is 17.5 Å². The van der Waals surface area contributed by atoms with E-state index in [9.17, 15) is 9.59 Å². The van der Waals surface area contributed by atoms with Gasteiger partial charge in [0.15, 0.2) is 0 Å². The van der Waals surface area contributed by atoms with Gasteiger partial charge in [0.05, 0.1) is 18.6 Å². The number of benzene rings is 2. The predicted octanol–water partition coefficient (Wildman–Crippen LogP) is 4.65. The molecule has 33 heavy (non-hydrogen) atoms. The van der Waals surface area contributed by atoms with E-state index < -0.39 is 12.1 Å². The Labute approximate surface area is 197 Å². The van der Waals surface area contributed by atoms with E-state index in [1.807, 2.05) is 23.1 Å². The van der Waals surface area contributed by atoms with Crippen LogP contribution in [0.5, 0.6) is 0 Å². The Hall–Kier alpha value is -2.66. The predicted molar refractivity (Wildman–Crippen MR) is 133 cm³/mol. The van der Waals surface area contributed by atoms with Gasteiger partial charge >= 0.3 is 0 Å². The molecule has 1 aliphatic carbocycles. The standard InChI is InChI=1S/C28H37N3O2/c1-20-11-13-22(14-12-20)19-31-26-10-6-5-9-23(26)16-18-25(28(31)33)30-24(27(29)32)17-15-21-7-3-2-4-8-21/h5-6,9-14,21,24-25,30H,2-4,7-8,15-19H2,1H3,(H2,29,32)/t24-,25?/m0/s1. The number of nitrogens with zero attached hydrogens (tertiary/aromatic N) is 1. The average molecular weight is 448 g/mol. The molecule has 0 radical (unpaired) electrons. The molecule has 2 aliphatic rings. The van der Waals surface area contributed by atoms with Crippen LogP contribution in [0.1, 0.15) is 68.1 Å². The molecule has 0 bridgehead atoms. The van der Waals surface area contributed by atoms with Gasteiger partial charge in [0, 0.05) is 5.69 Å². The molecule has 2 amide bonds. The highest BCUT2D eigenvalue weighted by molar-refractivity contribution is 5.99. The fraction of sp³-hybridized carbons (Fsp3) is 0.500. The monoisotopic (exact) mass is 447 g/mol. The molecule has 2 atom stereocenters. The molecular weight excluding hydrogens is 410 g/mol. The van der Waals surface area contributed by atoms with Crippen molar-refractivity contribution in [2.24, 2.45) is 11.7 Å². The van der Waals surface area contributed by atoms with Gasteiger partial charge in [-0.3, -0.25) is 14.9 Å². The molecule has 1 aliphatic heterocycles. The summed E-state index contributed by atoms with van der Waals surface area (Å²) in [7, 11) is 0. The maximum absolute atomic E-state index is 13.8. The Morgan fingerprint density at radius 2 is 1.79 bits per heavy atom. The van der Waals surface area contributed by atoms with Crippen molar-refractivity contribution in [1.82, 2.24) is 5.32 Å². The number of carbonyl (C=O) groups excluding carboxylic acids is 2. The third-order valence-electron chi connectivity index (χ3n) is 7.34. The van der Waals surface area contributed by atoms with Crippen molar-refractivity contribution in [2.45, 2.75) is 83.3 Å². The van der Waals surface area contributed by atoms with E-state index in [0.29, 0.717) is 25.3 Å². The van der Waals surface area contributed by atoms with Crippen LogP contribution < -0.4 is 16.0 Å². The van der Waals surface area contributed by atoms with Gasteiger partial charge in [0.25, 0.3) is 0 Å². The molecule has 0 spiro atoms. The molecule has 1 fully saturated rings. The van der Waals surface area contributed by atoms with Gasteiger partial charge in [-0.25, -0.2) is 0 Å². The third-order valence-corrected chi connectivity index (χ3v) is 7.34. The molecule has 4 rings (SSSR count). The number of carbonyl (C=O) groups is 2. The van der Waals surface area contributed by atoms with Gasteiger partial charge < -0.3 is 10.6 Å². The zero-order valence-electron chi connectivity index (χ0n) is 19.8. The minimum Gasteiger partial charge on any atom is -0.368 e. The van der Waals surface area contributed by atoms with Gasteiger partial charge in [0.2, 0.25) is 11.8 Å². The number of amides is 2. The molecule has 3 N–H and O–H groups in total. The van der Waals surface area contributed by atoms with E-state index in [0.717, 1.165) is 24.1 Å². The first-order valence-electron chi connectivity index (χ1n) is 12.5. The summed E-state index contributed by atoms with van der Waals surface area (Å²) in [5, 5.41) is 3.38. The summed E-state index contributed by atoms with van der Waals surface area (Å²) in [6.45, 7) is 2.57. The molecule has 1 saturated carbocycles. The van der Waals surface area contributed by atoms with Gasteiger partial charge in [-0.05, 0) is 55.7 Å². The lowest BCUT2D eigenvalue weighted by Crippen LogP contribution is -2.53. The quantitative estimate of drug-likeness (QED) is 0.619. The second-order valence-corrected chi connectivity index (χ2v) is 9.83. The topological polar surface area (TPSA) is 75.4 Å². The number of anilines is 1. The Kier molecular flexibility index (Phi) is 7.81. The van der Waals surface area contributed by atoms with Crippen molar-refractivity contribution in [3.63, 3.8) is 0 Å². The lowest BCUT2D eigenvalue weighted by atomic mass is 9.85. The maximum atomic E-state index is 13.8. The molecule has 1 unspecified atom stereocenters. The molecular formula is C28H37N3O2. The summed E-state index contributed by atoms with van der Waals surface area (Å²) in [5.74, 6) is 0.337. The Bertz CT molecular complexity index is 950. The van der Waals surface area contributed by atoms with Gasteiger partial charge in [0.1, 0.15) is 0 Å². The Balaban J connectivity index is 1.51. The number of hydrogen-bond donors (Lipinski definition) is 2. The minimum atomic E-state index is -0.469. The van der Waals surface area contributed by atoms with Crippen LogP contribution in [0.15, 0.2) is 48.5 Å². The first-order chi connectivity index (χ1) is 16.0. The molecule has 2 aromatic rings. The summed E-state index contributed by atoms with van der Waals surface area (Å²) >= 11 is 0. The Morgan fingerprint density at radius 3 is 2.52 bits per heavy atom. The smallest absolute Gasteiger partial charge is 0.244 e. The van der Waals surface area contributed by atoms with Crippen LogP contribution in [-0.2, 0) is 22.6 Å². The van der Waals surface area contributed by atoms with Gasteiger partial charge in [-0.15, -0.1) is 0 Å².